The summed E-state index contributed by atoms with van der Waals surface area (Å²) in [7, 11) is 0. The zero-order valence-electron chi connectivity index (χ0n) is 34.9. The average molecular weight is 855 g/mol. The maximum atomic E-state index is 5.24. The van der Waals surface area contributed by atoms with Crippen molar-refractivity contribution in [2.45, 2.75) is 6.92 Å². The Bertz CT molecular complexity index is 3870. The van der Waals surface area contributed by atoms with E-state index in [1.165, 1.54) is 57.5 Å². The molecule has 0 aliphatic rings. The molecule has 302 valence electrons. The predicted octanol–water partition coefficient (Wildman–Crippen LogP) is 16.5. The summed E-state index contributed by atoms with van der Waals surface area (Å²) in [4.78, 5) is 15.5. The van der Waals surface area contributed by atoms with Crippen molar-refractivity contribution >= 4 is 90.4 Å². The van der Waals surface area contributed by atoms with E-state index < -0.39 is 0 Å². The standard InChI is InChI=1S/C58H38N4S2/c1-3-5-18-36(4-2)56-59-57(37-19-8-6-9-20-37)61-58(60-56)48-34-39(33-47-44-26-15-17-28-52(44)63-54(47)48)42-24-13-12-23-41(42)38-29-30-46-50(35-38)62(40-21-10-7-11-22-40)49-32-31-45-43-25-14-16-27-51(43)64-55(45)53(46)49/h3-35H,2H2,1H3/b5-3-,36-18+. The van der Waals surface area contributed by atoms with Crippen LogP contribution in [0, 0.1) is 0 Å². The van der Waals surface area contributed by atoms with Gasteiger partial charge >= 0.3 is 0 Å². The number of fused-ring (bicyclic) bond motifs is 10. The highest BCUT2D eigenvalue weighted by atomic mass is 32.1. The van der Waals surface area contributed by atoms with Crippen LogP contribution in [0.3, 0.4) is 0 Å². The lowest BCUT2D eigenvalue weighted by Gasteiger charge is -2.14. The van der Waals surface area contributed by atoms with Gasteiger partial charge in [-0.15, -0.1) is 22.7 Å². The third kappa shape index (κ3) is 6.22. The molecule has 8 aromatic carbocycles. The quantitative estimate of drug-likeness (QED) is 0.143. The van der Waals surface area contributed by atoms with Crippen molar-refractivity contribution in [2.75, 3.05) is 0 Å². The van der Waals surface area contributed by atoms with Crippen LogP contribution in [0.2, 0.25) is 0 Å². The van der Waals surface area contributed by atoms with Gasteiger partial charge in [-0.3, -0.25) is 0 Å². The minimum absolute atomic E-state index is 0.576. The predicted molar refractivity (Wildman–Crippen MR) is 275 cm³/mol. The Hall–Kier alpha value is -7.77. The van der Waals surface area contributed by atoms with Crippen LogP contribution in [0.1, 0.15) is 12.7 Å². The average Bonchev–Trinajstić information content (AvgIpc) is 4.04. The summed E-state index contributed by atoms with van der Waals surface area (Å²) >= 11 is 3.67. The first-order valence-corrected chi connectivity index (χ1v) is 23.0. The summed E-state index contributed by atoms with van der Waals surface area (Å²) < 4.78 is 7.42. The molecule has 0 fully saturated rings. The Morgan fingerprint density at radius 1 is 0.500 bits per heavy atom. The second-order valence-electron chi connectivity index (χ2n) is 15.9. The third-order valence-corrected chi connectivity index (χ3v) is 14.6. The van der Waals surface area contributed by atoms with E-state index in [0.717, 1.165) is 49.3 Å². The lowest BCUT2D eigenvalue weighted by molar-refractivity contribution is 1.04. The maximum Gasteiger partial charge on any atom is 0.165 e. The molecule has 0 N–H and O–H groups in total. The Balaban J connectivity index is 1.10. The Morgan fingerprint density at radius 3 is 1.89 bits per heavy atom. The molecular weight excluding hydrogens is 817 g/mol. The molecule has 0 bridgehead atoms. The summed E-state index contributed by atoms with van der Waals surface area (Å²) in [6.07, 6.45) is 7.80. The maximum absolute atomic E-state index is 5.24. The number of hydrogen-bond acceptors (Lipinski definition) is 5. The van der Waals surface area contributed by atoms with Crippen molar-refractivity contribution in [3.8, 4) is 50.7 Å². The number of allylic oxidation sites excluding steroid dienone is 5. The first-order valence-electron chi connectivity index (χ1n) is 21.4. The minimum atomic E-state index is 0.576. The van der Waals surface area contributed by atoms with Crippen LogP contribution in [-0.2, 0) is 0 Å². The van der Waals surface area contributed by atoms with Gasteiger partial charge in [-0.25, -0.2) is 15.0 Å². The summed E-state index contributed by atoms with van der Waals surface area (Å²) in [5, 5.41) is 7.53. The lowest BCUT2D eigenvalue weighted by Crippen LogP contribution is -2.02. The van der Waals surface area contributed by atoms with Crippen LogP contribution in [0.15, 0.2) is 207 Å². The molecule has 0 saturated carbocycles. The number of aromatic nitrogens is 4. The molecule has 12 aromatic rings. The van der Waals surface area contributed by atoms with Gasteiger partial charge in [0.15, 0.2) is 17.5 Å². The SMILES string of the molecule is C=C/C(=C\C=C/C)c1nc(-c2ccccc2)nc(-c2cc(-c3ccccc3-c3ccc4c5c6sc7ccccc7c6ccc5n(-c5ccccc5)c4c3)cc3c2sc2ccccc23)n1. The largest absolute Gasteiger partial charge is 0.309 e. The molecule has 0 spiro atoms. The zero-order chi connectivity index (χ0) is 42.7. The summed E-state index contributed by atoms with van der Waals surface area (Å²) in [5.41, 5.74) is 10.7. The topological polar surface area (TPSA) is 43.6 Å². The van der Waals surface area contributed by atoms with Gasteiger partial charge in [0.2, 0.25) is 0 Å². The van der Waals surface area contributed by atoms with E-state index >= 15 is 0 Å². The zero-order valence-corrected chi connectivity index (χ0v) is 36.5. The minimum Gasteiger partial charge on any atom is -0.309 e. The van der Waals surface area contributed by atoms with Gasteiger partial charge in [0, 0.05) is 73.5 Å². The smallest absolute Gasteiger partial charge is 0.165 e. The van der Waals surface area contributed by atoms with Gasteiger partial charge in [-0.05, 0) is 77.7 Å². The fourth-order valence-corrected chi connectivity index (χ4v) is 11.7. The molecule has 0 amide bonds. The van der Waals surface area contributed by atoms with E-state index in [4.69, 9.17) is 15.0 Å². The Kier molecular flexibility index (Phi) is 9.22. The molecule has 0 aliphatic carbocycles. The summed E-state index contributed by atoms with van der Waals surface area (Å²) in [6.45, 7) is 6.14. The van der Waals surface area contributed by atoms with E-state index in [2.05, 4.69) is 157 Å². The van der Waals surface area contributed by atoms with Crippen LogP contribution in [0.5, 0.6) is 0 Å². The summed E-state index contributed by atoms with van der Waals surface area (Å²) in [6, 6.07) is 63.4. The van der Waals surface area contributed by atoms with Gasteiger partial charge in [0.05, 0.1) is 11.0 Å². The van der Waals surface area contributed by atoms with Crippen molar-refractivity contribution in [2.24, 2.45) is 0 Å². The number of hydrogen-bond donors (Lipinski definition) is 0. The van der Waals surface area contributed by atoms with E-state index in [9.17, 15) is 0 Å². The monoisotopic (exact) mass is 854 g/mol. The van der Waals surface area contributed by atoms with Gasteiger partial charge in [0.1, 0.15) is 0 Å². The van der Waals surface area contributed by atoms with Gasteiger partial charge in [0.25, 0.3) is 0 Å². The van der Waals surface area contributed by atoms with Crippen molar-refractivity contribution in [3.05, 3.63) is 213 Å². The van der Waals surface area contributed by atoms with E-state index in [1.54, 1.807) is 11.3 Å². The molecule has 0 saturated heterocycles. The van der Waals surface area contributed by atoms with Crippen molar-refractivity contribution < 1.29 is 0 Å². The van der Waals surface area contributed by atoms with E-state index in [0.29, 0.717) is 17.5 Å². The molecular formula is C58H38N4S2. The molecule has 0 aliphatic heterocycles. The second-order valence-corrected chi connectivity index (χ2v) is 18.0. The van der Waals surface area contributed by atoms with Crippen molar-refractivity contribution in [1.82, 2.24) is 19.5 Å². The number of benzene rings is 8. The molecule has 0 radical (unpaired) electrons. The van der Waals surface area contributed by atoms with E-state index in [1.807, 2.05) is 72.9 Å². The fraction of sp³-hybridized carbons (Fsp3) is 0.0172. The molecule has 0 unspecified atom stereocenters. The van der Waals surface area contributed by atoms with Gasteiger partial charge < -0.3 is 4.57 Å². The Labute approximate surface area is 378 Å². The first-order chi connectivity index (χ1) is 31.6. The van der Waals surface area contributed by atoms with Crippen molar-refractivity contribution in [3.63, 3.8) is 0 Å². The number of rotatable bonds is 8. The van der Waals surface area contributed by atoms with Crippen LogP contribution >= 0.6 is 22.7 Å². The fourth-order valence-electron chi connectivity index (χ4n) is 9.22. The van der Waals surface area contributed by atoms with Crippen LogP contribution in [-0.4, -0.2) is 19.5 Å². The van der Waals surface area contributed by atoms with Crippen LogP contribution < -0.4 is 0 Å². The molecule has 6 heteroatoms. The molecule has 4 heterocycles. The molecule has 4 nitrogen and oxygen atoms in total. The van der Waals surface area contributed by atoms with Crippen LogP contribution in [0.25, 0.3) is 118 Å². The summed E-state index contributed by atoms with van der Waals surface area (Å²) in [5.74, 6) is 1.81. The number of thiophene rings is 2. The number of nitrogens with zero attached hydrogens (tertiary/aromatic N) is 4. The molecule has 64 heavy (non-hydrogen) atoms. The normalized spacial score (nSPS) is 12.2. The van der Waals surface area contributed by atoms with Crippen LogP contribution in [0.4, 0.5) is 0 Å². The Morgan fingerprint density at radius 2 is 1.14 bits per heavy atom. The van der Waals surface area contributed by atoms with Gasteiger partial charge in [-0.1, -0.05) is 158 Å². The molecule has 0 atom stereocenters. The first kappa shape index (κ1) is 37.9. The van der Waals surface area contributed by atoms with E-state index in [-0.39, 0.29) is 0 Å². The lowest BCUT2D eigenvalue weighted by atomic mass is 9.92. The highest BCUT2D eigenvalue weighted by molar-refractivity contribution is 7.27. The molecule has 4 aromatic heterocycles. The second kappa shape index (κ2) is 15.5. The van der Waals surface area contributed by atoms with Gasteiger partial charge in [-0.2, -0.15) is 0 Å². The third-order valence-electron chi connectivity index (χ3n) is 12.2. The highest BCUT2D eigenvalue weighted by Gasteiger charge is 2.22. The van der Waals surface area contributed by atoms with Crippen molar-refractivity contribution in [1.29, 1.82) is 0 Å². The highest BCUT2D eigenvalue weighted by Crippen LogP contribution is 2.47. The molecule has 12 rings (SSSR count). The number of para-hydroxylation sites is 1.